The van der Waals surface area contributed by atoms with E-state index < -0.39 is 0 Å². The average molecular weight is 285 g/mol. The fourth-order valence-corrected chi connectivity index (χ4v) is 1.90. The van der Waals surface area contributed by atoms with Crippen LogP contribution in [-0.2, 0) is 11.3 Å². The van der Waals surface area contributed by atoms with Gasteiger partial charge in [-0.1, -0.05) is 18.2 Å². The van der Waals surface area contributed by atoms with E-state index in [-0.39, 0.29) is 5.91 Å². The molecular weight excluding hydrogens is 266 g/mol. The quantitative estimate of drug-likeness (QED) is 0.856. The van der Waals surface area contributed by atoms with Gasteiger partial charge in [0.15, 0.2) is 0 Å². The third kappa shape index (κ3) is 4.49. The molecule has 0 bridgehead atoms. The molecule has 5 nitrogen and oxygen atoms in total. The van der Waals surface area contributed by atoms with Crippen molar-refractivity contribution >= 4 is 17.3 Å². The van der Waals surface area contributed by atoms with Crippen LogP contribution in [0.2, 0.25) is 0 Å². The summed E-state index contributed by atoms with van der Waals surface area (Å²) in [6, 6.07) is 11.4. The number of aromatic nitrogens is 1. The van der Waals surface area contributed by atoms with Crippen molar-refractivity contribution in [2.24, 2.45) is 0 Å². The van der Waals surface area contributed by atoms with E-state index in [1.54, 1.807) is 6.20 Å². The van der Waals surface area contributed by atoms with Crippen LogP contribution in [0.4, 0.5) is 11.4 Å². The van der Waals surface area contributed by atoms with Crippen molar-refractivity contribution in [3.05, 3.63) is 48.2 Å². The van der Waals surface area contributed by atoms with Gasteiger partial charge < -0.3 is 15.4 Å². The Kier molecular flexibility index (Phi) is 5.15. The maximum atomic E-state index is 11.2. The number of nitrogens with one attached hydrogen (secondary N) is 2. The molecule has 2 N–H and O–H groups in total. The Morgan fingerprint density at radius 1 is 1.24 bits per heavy atom. The summed E-state index contributed by atoms with van der Waals surface area (Å²) in [7, 11) is 0. The summed E-state index contributed by atoms with van der Waals surface area (Å²) in [5.41, 5.74) is 2.73. The van der Waals surface area contributed by atoms with Gasteiger partial charge in [0.2, 0.25) is 11.8 Å². The largest absolute Gasteiger partial charge is 0.478 e. The van der Waals surface area contributed by atoms with E-state index in [1.165, 1.54) is 6.92 Å². The van der Waals surface area contributed by atoms with Crippen molar-refractivity contribution in [2.75, 3.05) is 17.2 Å². The topological polar surface area (TPSA) is 63.2 Å². The Labute approximate surface area is 124 Å². The summed E-state index contributed by atoms with van der Waals surface area (Å²) in [5.74, 6) is 0.534. The number of amides is 1. The molecule has 0 saturated heterocycles. The van der Waals surface area contributed by atoms with Crippen LogP contribution in [-0.4, -0.2) is 17.5 Å². The van der Waals surface area contributed by atoms with Gasteiger partial charge in [-0.2, -0.15) is 0 Å². The molecule has 1 amide bonds. The molecule has 0 saturated carbocycles. The standard InChI is InChI=1S/C16H19N3O2/c1-3-21-16-9-8-14(11-18-16)17-10-13-6-4-5-7-15(13)19-12(2)20/h4-9,11,17H,3,10H2,1-2H3,(H,19,20). The molecule has 0 spiro atoms. The zero-order chi connectivity index (χ0) is 15.1. The summed E-state index contributed by atoms with van der Waals surface area (Å²) < 4.78 is 5.30. The van der Waals surface area contributed by atoms with Crippen LogP contribution in [0.5, 0.6) is 5.88 Å². The molecule has 0 unspecified atom stereocenters. The van der Waals surface area contributed by atoms with Gasteiger partial charge in [-0.25, -0.2) is 4.98 Å². The molecule has 2 aromatic rings. The van der Waals surface area contributed by atoms with E-state index in [9.17, 15) is 4.79 Å². The Balaban J connectivity index is 2.00. The average Bonchev–Trinajstić information content (AvgIpc) is 2.48. The summed E-state index contributed by atoms with van der Waals surface area (Å²) >= 11 is 0. The second-order valence-corrected chi connectivity index (χ2v) is 4.51. The van der Waals surface area contributed by atoms with Gasteiger partial charge in [0.1, 0.15) is 0 Å². The Hall–Kier alpha value is -2.56. The number of anilines is 2. The number of nitrogens with zero attached hydrogens (tertiary/aromatic N) is 1. The predicted octanol–water partition coefficient (Wildman–Crippen LogP) is 3.05. The molecule has 0 aliphatic rings. The molecule has 0 aliphatic carbocycles. The second-order valence-electron chi connectivity index (χ2n) is 4.51. The Morgan fingerprint density at radius 2 is 2.05 bits per heavy atom. The number of rotatable bonds is 6. The molecule has 1 heterocycles. The maximum Gasteiger partial charge on any atom is 0.221 e. The normalized spacial score (nSPS) is 10.0. The van der Waals surface area contributed by atoms with Crippen molar-refractivity contribution in [2.45, 2.75) is 20.4 Å². The molecule has 0 radical (unpaired) electrons. The zero-order valence-electron chi connectivity index (χ0n) is 12.2. The first-order chi connectivity index (χ1) is 10.2. The number of ether oxygens (including phenoxy) is 1. The van der Waals surface area contributed by atoms with Crippen molar-refractivity contribution in [3.8, 4) is 5.88 Å². The highest BCUT2D eigenvalue weighted by Gasteiger charge is 2.03. The third-order valence-electron chi connectivity index (χ3n) is 2.84. The molecule has 1 aromatic carbocycles. The van der Waals surface area contributed by atoms with E-state index in [0.717, 1.165) is 16.9 Å². The lowest BCUT2D eigenvalue weighted by molar-refractivity contribution is -0.114. The third-order valence-corrected chi connectivity index (χ3v) is 2.84. The van der Waals surface area contributed by atoms with Crippen LogP contribution in [0.25, 0.3) is 0 Å². The van der Waals surface area contributed by atoms with Crippen molar-refractivity contribution in [1.82, 2.24) is 4.98 Å². The Bertz CT molecular complexity index is 597. The van der Waals surface area contributed by atoms with Gasteiger partial charge in [-0.3, -0.25) is 4.79 Å². The fraction of sp³-hybridized carbons (Fsp3) is 0.250. The van der Waals surface area contributed by atoms with Gasteiger partial charge in [0.25, 0.3) is 0 Å². The maximum absolute atomic E-state index is 11.2. The summed E-state index contributed by atoms with van der Waals surface area (Å²) in [4.78, 5) is 15.4. The number of pyridine rings is 1. The fourth-order valence-electron chi connectivity index (χ4n) is 1.90. The number of carbonyl (C=O) groups excluding carboxylic acids is 1. The summed E-state index contributed by atoms with van der Waals surface area (Å²) in [6.07, 6.45) is 1.73. The molecule has 21 heavy (non-hydrogen) atoms. The van der Waals surface area contributed by atoms with Crippen LogP contribution in [0.15, 0.2) is 42.6 Å². The van der Waals surface area contributed by atoms with E-state index in [4.69, 9.17) is 4.74 Å². The number of carbonyl (C=O) groups is 1. The molecule has 0 atom stereocenters. The lowest BCUT2D eigenvalue weighted by Gasteiger charge is -2.11. The number of benzene rings is 1. The van der Waals surface area contributed by atoms with Crippen molar-refractivity contribution < 1.29 is 9.53 Å². The second kappa shape index (κ2) is 7.28. The minimum absolute atomic E-state index is 0.0785. The molecule has 1 aromatic heterocycles. The highest BCUT2D eigenvalue weighted by molar-refractivity contribution is 5.89. The molecule has 0 fully saturated rings. The van der Waals surface area contributed by atoms with E-state index in [1.807, 2.05) is 43.3 Å². The van der Waals surface area contributed by atoms with Gasteiger partial charge in [-0.15, -0.1) is 0 Å². The Morgan fingerprint density at radius 3 is 2.71 bits per heavy atom. The highest BCUT2D eigenvalue weighted by atomic mass is 16.5. The van der Waals surface area contributed by atoms with Gasteiger partial charge in [-0.05, 0) is 24.6 Å². The molecular formula is C16H19N3O2. The van der Waals surface area contributed by atoms with Gasteiger partial charge in [0.05, 0.1) is 18.5 Å². The first-order valence-electron chi connectivity index (χ1n) is 6.87. The smallest absolute Gasteiger partial charge is 0.221 e. The first kappa shape index (κ1) is 14.8. The lowest BCUT2D eigenvalue weighted by Crippen LogP contribution is -2.10. The lowest BCUT2D eigenvalue weighted by atomic mass is 10.1. The SMILES string of the molecule is CCOc1ccc(NCc2ccccc2NC(C)=O)cn1. The highest BCUT2D eigenvalue weighted by Crippen LogP contribution is 2.18. The van der Waals surface area contributed by atoms with E-state index >= 15 is 0 Å². The molecule has 2 rings (SSSR count). The monoisotopic (exact) mass is 285 g/mol. The van der Waals surface area contributed by atoms with Crippen molar-refractivity contribution in [3.63, 3.8) is 0 Å². The minimum atomic E-state index is -0.0785. The predicted molar refractivity (Wildman–Crippen MR) is 83.5 cm³/mol. The molecule has 0 aliphatic heterocycles. The van der Waals surface area contributed by atoms with E-state index in [0.29, 0.717) is 19.0 Å². The van der Waals surface area contributed by atoms with Crippen molar-refractivity contribution in [1.29, 1.82) is 0 Å². The van der Waals surface area contributed by atoms with Gasteiger partial charge >= 0.3 is 0 Å². The first-order valence-corrected chi connectivity index (χ1v) is 6.87. The van der Waals surface area contributed by atoms with E-state index in [2.05, 4.69) is 15.6 Å². The van der Waals surface area contributed by atoms with Crippen LogP contribution in [0, 0.1) is 0 Å². The number of para-hydroxylation sites is 1. The minimum Gasteiger partial charge on any atom is -0.478 e. The van der Waals surface area contributed by atoms with Crippen LogP contribution >= 0.6 is 0 Å². The summed E-state index contributed by atoms with van der Waals surface area (Å²) in [6.45, 7) is 4.63. The van der Waals surface area contributed by atoms with Crippen LogP contribution < -0.4 is 15.4 Å². The number of hydrogen-bond acceptors (Lipinski definition) is 4. The number of hydrogen-bond donors (Lipinski definition) is 2. The van der Waals surface area contributed by atoms with Crippen LogP contribution in [0.1, 0.15) is 19.4 Å². The summed E-state index contributed by atoms with van der Waals surface area (Å²) in [5, 5.41) is 6.10. The molecule has 110 valence electrons. The zero-order valence-corrected chi connectivity index (χ0v) is 12.2. The van der Waals surface area contributed by atoms with Crippen LogP contribution in [0.3, 0.4) is 0 Å². The molecule has 5 heteroatoms. The van der Waals surface area contributed by atoms with Gasteiger partial charge in [0, 0.05) is 25.2 Å².